The molecule has 116 valence electrons. The highest BCUT2D eigenvalue weighted by Gasteiger charge is 2.26. The Labute approximate surface area is 122 Å². The van der Waals surface area contributed by atoms with Crippen molar-refractivity contribution in [2.45, 2.75) is 13.8 Å². The number of rotatable bonds is 7. The maximum atomic E-state index is 12.1. The van der Waals surface area contributed by atoms with Crippen LogP contribution >= 0.6 is 0 Å². The van der Waals surface area contributed by atoms with Crippen LogP contribution in [0.15, 0.2) is 6.33 Å². The first-order valence-corrected chi connectivity index (χ1v) is 6.41. The minimum Gasteiger partial charge on any atom is -0.344 e. The van der Waals surface area contributed by atoms with Crippen LogP contribution in [0.5, 0.6) is 0 Å². The van der Waals surface area contributed by atoms with E-state index in [1.165, 1.54) is 4.90 Å². The molecule has 1 aromatic rings. The molecule has 0 fully saturated rings. The van der Waals surface area contributed by atoms with Gasteiger partial charge in [-0.15, -0.1) is 0 Å². The standard InChI is InChI=1S/C11H19N7O3/c1-4-17(5-2)8(19)6-16(3)11-9(18(20)21)10(15-12)13-7-14-11/h7H,4-6,12H2,1-3H3,(H,13,14,15). The Morgan fingerprint density at radius 3 is 2.52 bits per heavy atom. The van der Waals surface area contributed by atoms with Crippen LogP contribution < -0.4 is 16.2 Å². The Bertz CT molecular complexity index is 519. The van der Waals surface area contributed by atoms with Gasteiger partial charge < -0.3 is 15.2 Å². The van der Waals surface area contributed by atoms with E-state index in [4.69, 9.17) is 5.84 Å². The van der Waals surface area contributed by atoms with Gasteiger partial charge in [-0.05, 0) is 13.8 Å². The topological polar surface area (TPSA) is 131 Å². The van der Waals surface area contributed by atoms with Crippen LogP contribution in [0.25, 0.3) is 0 Å². The van der Waals surface area contributed by atoms with Crippen molar-refractivity contribution in [3.8, 4) is 0 Å². The number of likely N-dealkylation sites (N-methyl/N-ethyl adjacent to an activating group) is 2. The first-order chi connectivity index (χ1) is 9.96. The van der Waals surface area contributed by atoms with Gasteiger partial charge in [-0.2, -0.15) is 0 Å². The zero-order valence-corrected chi connectivity index (χ0v) is 12.2. The third-order valence-electron chi connectivity index (χ3n) is 2.97. The van der Waals surface area contributed by atoms with Gasteiger partial charge in [0.25, 0.3) is 0 Å². The van der Waals surface area contributed by atoms with Crippen molar-refractivity contribution in [1.82, 2.24) is 14.9 Å². The number of nitrogens with zero attached hydrogens (tertiary/aromatic N) is 5. The summed E-state index contributed by atoms with van der Waals surface area (Å²) in [5.74, 6) is 5.00. The van der Waals surface area contributed by atoms with E-state index in [2.05, 4.69) is 15.4 Å². The monoisotopic (exact) mass is 297 g/mol. The Hall–Kier alpha value is -2.49. The maximum absolute atomic E-state index is 12.1. The van der Waals surface area contributed by atoms with Gasteiger partial charge in [0.05, 0.1) is 11.5 Å². The number of nitrogen functional groups attached to an aromatic ring is 1. The fourth-order valence-corrected chi connectivity index (χ4v) is 1.88. The van der Waals surface area contributed by atoms with Crippen molar-refractivity contribution in [3.05, 3.63) is 16.4 Å². The number of anilines is 2. The predicted octanol–water partition coefficient (Wildman–Crippen LogP) is -0.0250. The van der Waals surface area contributed by atoms with Gasteiger partial charge >= 0.3 is 5.69 Å². The molecule has 10 nitrogen and oxygen atoms in total. The molecule has 21 heavy (non-hydrogen) atoms. The second-order valence-corrected chi connectivity index (χ2v) is 4.22. The molecule has 0 aliphatic carbocycles. The van der Waals surface area contributed by atoms with Crippen molar-refractivity contribution >= 4 is 23.2 Å². The lowest BCUT2D eigenvalue weighted by Gasteiger charge is -2.23. The summed E-state index contributed by atoms with van der Waals surface area (Å²) >= 11 is 0. The number of nitrogens with one attached hydrogen (secondary N) is 1. The number of hydrogen-bond acceptors (Lipinski definition) is 8. The van der Waals surface area contributed by atoms with Crippen LogP contribution in [0.2, 0.25) is 0 Å². The summed E-state index contributed by atoms with van der Waals surface area (Å²) in [6, 6.07) is 0. The smallest absolute Gasteiger partial charge is 0.344 e. The van der Waals surface area contributed by atoms with E-state index in [1.54, 1.807) is 11.9 Å². The summed E-state index contributed by atoms with van der Waals surface area (Å²) in [4.78, 5) is 33.2. The van der Waals surface area contributed by atoms with Crippen molar-refractivity contribution in [2.24, 2.45) is 5.84 Å². The molecule has 0 aliphatic rings. The summed E-state index contributed by atoms with van der Waals surface area (Å²) in [7, 11) is 1.55. The number of carbonyl (C=O) groups excluding carboxylic acids is 1. The first-order valence-electron chi connectivity index (χ1n) is 6.41. The van der Waals surface area contributed by atoms with Gasteiger partial charge in [-0.3, -0.25) is 14.9 Å². The van der Waals surface area contributed by atoms with E-state index in [1.807, 2.05) is 13.8 Å². The molecule has 0 radical (unpaired) electrons. The lowest BCUT2D eigenvalue weighted by atomic mass is 10.3. The number of hydrazine groups is 1. The lowest BCUT2D eigenvalue weighted by Crippen LogP contribution is -2.39. The van der Waals surface area contributed by atoms with Crippen molar-refractivity contribution < 1.29 is 9.72 Å². The Morgan fingerprint density at radius 1 is 1.43 bits per heavy atom. The molecule has 0 saturated heterocycles. The SMILES string of the molecule is CCN(CC)C(=O)CN(C)c1ncnc(NN)c1[N+](=O)[O-]. The normalized spacial score (nSPS) is 10.1. The zero-order chi connectivity index (χ0) is 16.0. The number of carbonyl (C=O) groups is 1. The zero-order valence-electron chi connectivity index (χ0n) is 12.2. The molecular weight excluding hydrogens is 278 g/mol. The summed E-state index contributed by atoms with van der Waals surface area (Å²) < 4.78 is 0. The highest BCUT2D eigenvalue weighted by Crippen LogP contribution is 2.30. The minimum atomic E-state index is -0.636. The minimum absolute atomic E-state index is 0.0243. The number of nitro groups is 1. The predicted molar refractivity (Wildman–Crippen MR) is 77.7 cm³/mol. The van der Waals surface area contributed by atoms with E-state index in [0.717, 1.165) is 6.33 Å². The lowest BCUT2D eigenvalue weighted by molar-refractivity contribution is -0.383. The van der Waals surface area contributed by atoms with E-state index in [-0.39, 0.29) is 29.8 Å². The van der Waals surface area contributed by atoms with E-state index in [9.17, 15) is 14.9 Å². The molecule has 0 bridgehead atoms. The largest absolute Gasteiger partial charge is 0.354 e. The van der Waals surface area contributed by atoms with Gasteiger partial charge in [0.15, 0.2) is 0 Å². The summed E-state index contributed by atoms with van der Waals surface area (Å²) in [6.45, 7) is 4.86. The third-order valence-corrected chi connectivity index (χ3v) is 2.97. The summed E-state index contributed by atoms with van der Waals surface area (Å²) in [5.41, 5.74) is 1.79. The number of hydrogen-bond donors (Lipinski definition) is 2. The summed E-state index contributed by atoms with van der Waals surface area (Å²) in [5, 5.41) is 11.1. The van der Waals surface area contributed by atoms with Crippen LogP contribution in [-0.4, -0.2) is 52.4 Å². The molecule has 1 aromatic heterocycles. The molecule has 1 amide bonds. The quantitative estimate of drug-likeness (QED) is 0.407. The molecule has 1 heterocycles. The van der Waals surface area contributed by atoms with Crippen LogP contribution in [0.3, 0.4) is 0 Å². The Morgan fingerprint density at radius 2 is 2.05 bits per heavy atom. The molecule has 0 aromatic carbocycles. The molecule has 10 heteroatoms. The number of amides is 1. The van der Waals surface area contributed by atoms with Crippen molar-refractivity contribution in [1.29, 1.82) is 0 Å². The molecule has 0 unspecified atom stereocenters. The fraction of sp³-hybridized carbons (Fsp3) is 0.545. The molecule has 0 atom stereocenters. The molecule has 0 spiro atoms. The van der Waals surface area contributed by atoms with Crippen LogP contribution in [0.4, 0.5) is 17.3 Å². The highest BCUT2D eigenvalue weighted by atomic mass is 16.6. The van der Waals surface area contributed by atoms with Gasteiger partial charge in [-0.1, -0.05) is 0 Å². The van der Waals surface area contributed by atoms with Gasteiger partial charge in [0, 0.05) is 20.1 Å². The highest BCUT2D eigenvalue weighted by molar-refractivity contribution is 5.82. The van der Waals surface area contributed by atoms with Gasteiger partial charge in [0.2, 0.25) is 17.5 Å². The molecule has 0 aliphatic heterocycles. The third kappa shape index (κ3) is 3.75. The van der Waals surface area contributed by atoms with E-state index < -0.39 is 4.92 Å². The molecule has 0 saturated carbocycles. The summed E-state index contributed by atoms with van der Waals surface area (Å²) in [6.07, 6.45) is 1.15. The van der Waals surface area contributed by atoms with Crippen molar-refractivity contribution in [2.75, 3.05) is 37.0 Å². The molecular formula is C11H19N7O3. The second kappa shape index (κ2) is 7.33. The average Bonchev–Trinajstić information content (AvgIpc) is 2.47. The first kappa shape index (κ1) is 16.6. The van der Waals surface area contributed by atoms with Crippen LogP contribution in [0, 0.1) is 10.1 Å². The number of nitrogens with two attached hydrogens (primary N) is 1. The van der Waals surface area contributed by atoms with Crippen LogP contribution in [0.1, 0.15) is 13.8 Å². The van der Waals surface area contributed by atoms with Gasteiger partial charge in [0.1, 0.15) is 6.33 Å². The van der Waals surface area contributed by atoms with Crippen LogP contribution in [-0.2, 0) is 4.79 Å². The molecule has 3 N–H and O–H groups in total. The Kier molecular flexibility index (Phi) is 5.79. The number of aromatic nitrogens is 2. The average molecular weight is 297 g/mol. The van der Waals surface area contributed by atoms with Crippen molar-refractivity contribution in [3.63, 3.8) is 0 Å². The fourth-order valence-electron chi connectivity index (χ4n) is 1.88. The Balaban J connectivity index is 3.05. The van der Waals surface area contributed by atoms with E-state index in [0.29, 0.717) is 13.1 Å². The molecule has 1 rings (SSSR count). The van der Waals surface area contributed by atoms with Gasteiger partial charge in [-0.25, -0.2) is 15.8 Å². The second-order valence-electron chi connectivity index (χ2n) is 4.22. The maximum Gasteiger partial charge on any atom is 0.354 e. The van der Waals surface area contributed by atoms with E-state index >= 15 is 0 Å².